The number of benzene rings is 2. The Hall–Kier alpha value is -4.49. The van der Waals surface area contributed by atoms with Gasteiger partial charge in [-0.15, -0.1) is 11.3 Å². The molecule has 0 saturated carbocycles. The zero-order valence-electron chi connectivity index (χ0n) is 20.5. The first-order valence-corrected chi connectivity index (χ1v) is 13.1. The second-order valence-corrected chi connectivity index (χ2v) is 9.76. The van der Waals surface area contributed by atoms with E-state index in [2.05, 4.69) is 26.3 Å². The molecule has 38 heavy (non-hydrogen) atoms. The van der Waals surface area contributed by atoms with Crippen molar-refractivity contribution in [1.29, 1.82) is 0 Å². The van der Waals surface area contributed by atoms with Crippen LogP contribution in [-0.4, -0.2) is 48.0 Å². The number of urea groups is 1. The van der Waals surface area contributed by atoms with Gasteiger partial charge < -0.3 is 26.4 Å². The summed E-state index contributed by atoms with van der Waals surface area (Å²) in [5.74, 6) is 0.433. The molecule has 2 aromatic heterocycles. The molecular weight excluding hydrogens is 526 g/mol. The predicted octanol–water partition coefficient (Wildman–Crippen LogP) is 4.03. The van der Waals surface area contributed by atoms with Crippen molar-refractivity contribution in [1.82, 2.24) is 20.6 Å². The van der Waals surface area contributed by atoms with Gasteiger partial charge >= 0.3 is 6.03 Å². The minimum atomic E-state index is -0.455. The number of methoxy groups -OCH3 is 1. The number of nitrogen functional groups attached to an aromatic ring is 1. The summed E-state index contributed by atoms with van der Waals surface area (Å²) in [4.78, 5) is 45.2. The number of rotatable bonds is 9. The lowest BCUT2D eigenvalue weighted by molar-refractivity contribution is -0.118. The van der Waals surface area contributed by atoms with E-state index in [1.165, 1.54) is 29.6 Å². The van der Waals surface area contributed by atoms with Crippen LogP contribution in [0.3, 0.4) is 0 Å². The highest BCUT2D eigenvalue weighted by Gasteiger charge is 2.17. The maximum Gasteiger partial charge on any atom is 0.321 e. The van der Waals surface area contributed by atoms with E-state index in [-0.39, 0.29) is 24.2 Å². The van der Waals surface area contributed by atoms with Gasteiger partial charge in [0.05, 0.1) is 12.8 Å². The maximum atomic E-state index is 12.7. The monoisotopic (exact) mass is 551 g/mol. The second kappa shape index (κ2) is 12.2. The summed E-state index contributed by atoms with van der Waals surface area (Å²) < 4.78 is 5.19. The number of carbonyl (C=O) groups excluding carboxylic acids is 3. The Morgan fingerprint density at radius 2 is 1.79 bits per heavy atom. The highest BCUT2D eigenvalue weighted by Crippen LogP contribution is 2.38. The molecule has 0 bridgehead atoms. The fourth-order valence-corrected chi connectivity index (χ4v) is 5.14. The number of thiazole rings is 2. The van der Waals surface area contributed by atoms with E-state index in [1.807, 2.05) is 23.6 Å². The van der Waals surface area contributed by atoms with Crippen LogP contribution in [0, 0.1) is 0 Å². The summed E-state index contributed by atoms with van der Waals surface area (Å²) in [6.45, 7) is 2.00. The highest BCUT2D eigenvalue weighted by atomic mass is 32.1. The largest absolute Gasteiger partial charge is 0.497 e. The fraction of sp³-hybridized carbons (Fsp3) is 0.160. The molecule has 4 aromatic rings. The summed E-state index contributed by atoms with van der Waals surface area (Å²) >= 11 is 2.60. The first kappa shape index (κ1) is 26.6. The molecule has 0 radical (unpaired) electrons. The van der Waals surface area contributed by atoms with Crippen LogP contribution < -0.4 is 31.7 Å². The van der Waals surface area contributed by atoms with Crippen LogP contribution in [0.5, 0.6) is 5.75 Å². The van der Waals surface area contributed by atoms with Crippen LogP contribution in [0.2, 0.25) is 0 Å². The summed E-state index contributed by atoms with van der Waals surface area (Å²) in [5, 5.41) is 13.6. The van der Waals surface area contributed by atoms with E-state index >= 15 is 0 Å². The number of nitrogens with one attached hydrogen (secondary N) is 4. The third kappa shape index (κ3) is 6.83. The number of amides is 4. The Labute approximate surface area is 226 Å². The minimum absolute atomic E-state index is 0.169. The van der Waals surface area contributed by atoms with Crippen molar-refractivity contribution >= 4 is 57.2 Å². The molecule has 0 aliphatic carbocycles. The van der Waals surface area contributed by atoms with Crippen LogP contribution >= 0.6 is 22.7 Å². The van der Waals surface area contributed by atoms with Gasteiger partial charge in [0.15, 0.2) is 5.13 Å². The van der Waals surface area contributed by atoms with Gasteiger partial charge in [0.1, 0.15) is 21.5 Å². The van der Waals surface area contributed by atoms with Crippen molar-refractivity contribution in [2.75, 3.05) is 36.6 Å². The fourth-order valence-electron chi connectivity index (χ4n) is 3.33. The third-order valence-electron chi connectivity index (χ3n) is 5.10. The number of nitrogens with zero attached hydrogens (tertiary/aromatic N) is 2. The Kier molecular flexibility index (Phi) is 8.51. The zero-order chi connectivity index (χ0) is 27.1. The highest BCUT2D eigenvalue weighted by molar-refractivity contribution is 7.23. The van der Waals surface area contributed by atoms with Gasteiger partial charge in [-0.1, -0.05) is 29.5 Å². The van der Waals surface area contributed by atoms with Crippen LogP contribution in [0.4, 0.5) is 21.4 Å². The topological polar surface area (TPSA) is 160 Å². The molecule has 0 atom stereocenters. The van der Waals surface area contributed by atoms with Crippen molar-refractivity contribution < 1.29 is 19.1 Å². The molecule has 6 N–H and O–H groups in total. The first-order valence-electron chi connectivity index (χ1n) is 11.4. The SMILES string of the molecule is COc1cccc(C(=O)Nc2cccc(-c3csc(-c4sc(NC(=O)NCCNC(C)=O)nc4N)n3)c2)c1. The average molecular weight is 552 g/mol. The van der Waals surface area contributed by atoms with Gasteiger partial charge in [-0.2, -0.15) is 0 Å². The molecule has 0 aliphatic rings. The molecule has 11 nitrogen and oxygen atoms in total. The van der Waals surface area contributed by atoms with Crippen molar-refractivity contribution in [2.24, 2.45) is 0 Å². The lowest BCUT2D eigenvalue weighted by Gasteiger charge is -2.08. The molecule has 2 heterocycles. The minimum Gasteiger partial charge on any atom is -0.497 e. The second-order valence-electron chi connectivity index (χ2n) is 7.90. The van der Waals surface area contributed by atoms with Gasteiger partial charge in [-0.3, -0.25) is 14.9 Å². The molecule has 0 saturated heterocycles. The normalized spacial score (nSPS) is 10.5. The number of hydrogen-bond acceptors (Lipinski definition) is 9. The molecule has 196 valence electrons. The molecule has 4 amide bonds. The predicted molar refractivity (Wildman–Crippen MR) is 150 cm³/mol. The number of aromatic nitrogens is 2. The van der Waals surface area contributed by atoms with Crippen molar-refractivity contribution in [3.8, 4) is 26.9 Å². The molecule has 0 fully saturated rings. The molecule has 0 unspecified atom stereocenters. The Bertz CT molecular complexity index is 1470. The van der Waals surface area contributed by atoms with Gasteiger partial charge in [-0.25, -0.2) is 14.8 Å². The zero-order valence-corrected chi connectivity index (χ0v) is 22.2. The Morgan fingerprint density at radius 3 is 2.58 bits per heavy atom. The molecule has 4 rings (SSSR count). The van der Waals surface area contributed by atoms with Crippen molar-refractivity contribution in [2.45, 2.75) is 6.92 Å². The van der Waals surface area contributed by atoms with Crippen LogP contribution in [0.15, 0.2) is 53.9 Å². The quantitative estimate of drug-likeness (QED) is 0.196. The lowest BCUT2D eigenvalue weighted by atomic mass is 10.1. The first-order chi connectivity index (χ1) is 18.3. The van der Waals surface area contributed by atoms with Gasteiger partial charge in [0, 0.05) is 42.2 Å². The van der Waals surface area contributed by atoms with Gasteiger partial charge in [0.2, 0.25) is 5.91 Å². The lowest BCUT2D eigenvalue weighted by Crippen LogP contribution is -2.36. The van der Waals surface area contributed by atoms with E-state index in [9.17, 15) is 14.4 Å². The molecular formula is C25H25N7O4S2. The third-order valence-corrected chi connectivity index (χ3v) is 7.09. The van der Waals surface area contributed by atoms with Crippen LogP contribution in [0.1, 0.15) is 17.3 Å². The smallest absolute Gasteiger partial charge is 0.321 e. The van der Waals surface area contributed by atoms with E-state index in [0.717, 1.165) is 5.56 Å². The summed E-state index contributed by atoms with van der Waals surface area (Å²) in [7, 11) is 1.55. The van der Waals surface area contributed by atoms with Crippen LogP contribution in [-0.2, 0) is 4.79 Å². The Balaban J connectivity index is 1.42. The molecule has 2 aromatic carbocycles. The standard InChI is InChI=1S/C25H25N7O4S2/c1-14(33)27-9-10-28-24(35)32-25-31-21(26)20(38-25)23-30-19(13-37-23)15-5-3-7-17(11-15)29-22(34)16-6-4-8-18(12-16)36-2/h3-8,11-13H,9-10,26H2,1-2H3,(H,27,33)(H,29,34)(H2,28,31,32,35). The Morgan fingerprint density at radius 1 is 1.00 bits per heavy atom. The van der Waals surface area contributed by atoms with Crippen molar-refractivity contribution in [3.63, 3.8) is 0 Å². The van der Waals surface area contributed by atoms with Crippen molar-refractivity contribution in [3.05, 3.63) is 59.5 Å². The van der Waals surface area contributed by atoms with Gasteiger partial charge in [-0.05, 0) is 30.3 Å². The van der Waals surface area contributed by atoms with Gasteiger partial charge in [0.25, 0.3) is 5.91 Å². The van der Waals surface area contributed by atoms with Crippen LogP contribution in [0.25, 0.3) is 21.1 Å². The number of nitrogens with two attached hydrogens (primary N) is 1. The number of carbonyl (C=O) groups is 3. The number of anilines is 3. The maximum absolute atomic E-state index is 12.7. The van der Waals surface area contributed by atoms with E-state index < -0.39 is 6.03 Å². The van der Waals surface area contributed by atoms with E-state index in [0.29, 0.717) is 44.3 Å². The number of ether oxygens (including phenoxy) is 1. The molecule has 0 spiro atoms. The summed E-state index contributed by atoms with van der Waals surface area (Å²) in [6.07, 6.45) is 0. The average Bonchev–Trinajstić information content (AvgIpc) is 3.53. The molecule has 13 heteroatoms. The summed E-state index contributed by atoms with van der Waals surface area (Å²) in [6, 6.07) is 13.8. The van der Waals surface area contributed by atoms with E-state index in [1.54, 1.807) is 37.4 Å². The molecule has 0 aliphatic heterocycles. The van der Waals surface area contributed by atoms with E-state index in [4.69, 9.17) is 15.5 Å². The summed E-state index contributed by atoms with van der Waals surface area (Å²) in [5.41, 5.74) is 8.73. The number of hydrogen-bond donors (Lipinski definition) is 5.